The van der Waals surface area contributed by atoms with E-state index in [9.17, 15) is 0 Å². The van der Waals surface area contributed by atoms with E-state index >= 15 is 0 Å². The first-order valence-electron chi connectivity index (χ1n) is 8.13. The van der Waals surface area contributed by atoms with Gasteiger partial charge in [0.25, 0.3) is 0 Å². The summed E-state index contributed by atoms with van der Waals surface area (Å²) in [5, 5.41) is 7.20. The Kier molecular flexibility index (Phi) is 5.25. The molecule has 20 heavy (non-hydrogen) atoms. The van der Waals surface area contributed by atoms with Gasteiger partial charge >= 0.3 is 0 Å². The maximum Gasteiger partial charge on any atom is 0.113 e. The van der Waals surface area contributed by atoms with Crippen LogP contribution in [0.3, 0.4) is 0 Å². The lowest BCUT2D eigenvalue weighted by Crippen LogP contribution is -2.39. The van der Waals surface area contributed by atoms with Gasteiger partial charge in [0.15, 0.2) is 0 Å². The van der Waals surface area contributed by atoms with Crippen molar-refractivity contribution < 1.29 is 0 Å². The average molecular weight is 295 g/mol. The Morgan fingerprint density at radius 2 is 2.00 bits per heavy atom. The number of thiazole rings is 1. The molecule has 1 saturated carbocycles. The summed E-state index contributed by atoms with van der Waals surface area (Å²) in [6, 6.07) is 0. The van der Waals surface area contributed by atoms with Crippen LogP contribution in [0.25, 0.3) is 0 Å². The zero-order valence-electron chi connectivity index (χ0n) is 13.7. The molecule has 1 aliphatic rings. The van der Waals surface area contributed by atoms with Crippen molar-refractivity contribution in [3.63, 3.8) is 0 Å². The van der Waals surface area contributed by atoms with Crippen LogP contribution in [0.4, 0.5) is 0 Å². The van der Waals surface area contributed by atoms with Crippen LogP contribution in [0, 0.1) is 11.8 Å². The lowest BCUT2D eigenvalue weighted by molar-refractivity contribution is 0.292. The Bertz CT molecular complexity index is 424. The molecule has 1 N–H and O–H groups in total. The van der Waals surface area contributed by atoms with Crippen molar-refractivity contribution in [1.29, 1.82) is 0 Å². The van der Waals surface area contributed by atoms with Gasteiger partial charge in [0.1, 0.15) is 5.01 Å². The Morgan fingerprint density at radius 1 is 1.25 bits per heavy atom. The molecule has 2 rings (SSSR count). The minimum Gasteiger partial charge on any atom is -0.308 e. The molecular weight excluding hydrogens is 264 g/mol. The van der Waals surface area contributed by atoms with Gasteiger partial charge in [0.05, 0.1) is 11.2 Å². The van der Waals surface area contributed by atoms with Gasteiger partial charge in [0, 0.05) is 5.38 Å². The summed E-state index contributed by atoms with van der Waals surface area (Å²) in [6.07, 6.45) is 6.49. The van der Waals surface area contributed by atoms with Crippen molar-refractivity contribution in [3.05, 3.63) is 16.1 Å². The number of nitrogens with zero attached hydrogens (tertiary/aromatic N) is 1. The monoisotopic (exact) mass is 294 g/mol. The van der Waals surface area contributed by atoms with Crippen LogP contribution in [0.5, 0.6) is 0 Å². The molecule has 0 bridgehead atoms. The van der Waals surface area contributed by atoms with Crippen LogP contribution in [0.2, 0.25) is 0 Å². The highest BCUT2D eigenvalue weighted by molar-refractivity contribution is 7.09. The third-order valence-electron chi connectivity index (χ3n) is 5.06. The molecule has 0 amide bonds. The molecule has 2 unspecified atom stereocenters. The van der Waals surface area contributed by atoms with Crippen LogP contribution in [0.15, 0.2) is 5.38 Å². The molecule has 0 aliphatic heterocycles. The van der Waals surface area contributed by atoms with E-state index in [4.69, 9.17) is 4.98 Å². The van der Waals surface area contributed by atoms with Crippen LogP contribution >= 0.6 is 11.3 Å². The predicted octanol–water partition coefficient (Wildman–Crippen LogP) is 4.92. The SMILES string of the molecule is CNC1(c2nc(C(C)C)cs2)CCCC(C(C)C)CC1. The second kappa shape index (κ2) is 6.57. The molecule has 1 heterocycles. The van der Waals surface area contributed by atoms with E-state index in [1.807, 2.05) is 11.3 Å². The lowest BCUT2D eigenvalue weighted by Gasteiger charge is -2.30. The maximum absolute atomic E-state index is 4.94. The average Bonchev–Trinajstić information content (AvgIpc) is 2.80. The summed E-state index contributed by atoms with van der Waals surface area (Å²) in [4.78, 5) is 4.94. The maximum atomic E-state index is 4.94. The van der Waals surface area contributed by atoms with E-state index in [0.29, 0.717) is 5.92 Å². The van der Waals surface area contributed by atoms with Gasteiger partial charge in [-0.05, 0) is 44.1 Å². The minimum absolute atomic E-state index is 0.126. The van der Waals surface area contributed by atoms with Crippen molar-refractivity contribution in [1.82, 2.24) is 10.3 Å². The lowest BCUT2D eigenvalue weighted by atomic mass is 9.87. The Balaban J connectivity index is 2.20. The highest BCUT2D eigenvalue weighted by Gasteiger charge is 2.36. The van der Waals surface area contributed by atoms with E-state index in [1.54, 1.807) is 0 Å². The highest BCUT2D eigenvalue weighted by Crippen LogP contribution is 2.41. The van der Waals surface area contributed by atoms with Crippen LogP contribution in [0.1, 0.15) is 76.4 Å². The van der Waals surface area contributed by atoms with E-state index in [2.05, 4.69) is 45.4 Å². The van der Waals surface area contributed by atoms with Gasteiger partial charge in [-0.2, -0.15) is 0 Å². The molecule has 0 spiro atoms. The molecule has 0 radical (unpaired) electrons. The summed E-state index contributed by atoms with van der Waals surface area (Å²) < 4.78 is 0. The predicted molar refractivity (Wildman–Crippen MR) is 88.4 cm³/mol. The Hall–Kier alpha value is -0.410. The fourth-order valence-corrected chi connectivity index (χ4v) is 4.62. The highest BCUT2D eigenvalue weighted by atomic mass is 32.1. The number of hydrogen-bond acceptors (Lipinski definition) is 3. The molecule has 1 aliphatic carbocycles. The summed E-state index contributed by atoms with van der Waals surface area (Å²) in [5.41, 5.74) is 1.38. The first kappa shape index (κ1) is 16.0. The van der Waals surface area contributed by atoms with Crippen molar-refractivity contribution in [2.45, 2.75) is 71.3 Å². The van der Waals surface area contributed by atoms with Crippen LogP contribution < -0.4 is 5.32 Å². The van der Waals surface area contributed by atoms with Gasteiger partial charge < -0.3 is 5.32 Å². The Labute approximate surface area is 128 Å². The van der Waals surface area contributed by atoms with Gasteiger partial charge in [-0.25, -0.2) is 4.98 Å². The Morgan fingerprint density at radius 3 is 2.55 bits per heavy atom. The summed E-state index contributed by atoms with van der Waals surface area (Å²) in [5.74, 6) is 2.23. The normalized spacial score (nSPS) is 28.1. The first-order chi connectivity index (χ1) is 9.48. The molecule has 1 aromatic rings. The summed E-state index contributed by atoms with van der Waals surface area (Å²) >= 11 is 1.85. The van der Waals surface area contributed by atoms with Crippen LogP contribution in [-0.2, 0) is 5.54 Å². The second-order valence-electron chi connectivity index (χ2n) is 7.00. The molecule has 1 fully saturated rings. The van der Waals surface area contributed by atoms with E-state index in [1.165, 1.54) is 42.8 Å². The topological polar surface area (TPSA) is 24.9 Å². The molecular formula is C17H30N2S. The fourth-order valence-electron chi connectivity index (χ4n) is 3.38. The molecule has 3 heteroatoms. The molecule has 2 atom stereocenters. The summed E-state index contributed by atoms with van der Waals surface area (Å²) in [7, 11) is 2.12. The van der Waals surface area contributed by atoms with Crippen molar-refractivity contribution in [2.24, 2.45) is 11.8 Å². The minimum atomic E-state index is 0.126. The smallest absolute Gasteiger partial charge is 0.113 e. The summed E-state index contributed by atoms with van der Waals surface area (Å²) in [6.45, 7) is 9.20. The number of hydrogen-bond donors (Lipinski definition) is 1. The third-order valence-corrected chi connectivity index (χ3v) is 6.13. The molecule has 2 nitrogen and oxygen atoms in total. The molecule has 0 saturated heterocycles. The molecule has 0 aromatic carbocycles. The van der Waals surface area contributed by atoms with Gasteiger partial charge in [-0.3, -0.25) is 0 Å². The molecule has 114 valence electrons. The van der Waals surface area contributed by atoms with Crippen molar-refractivity contribution in [3.8, 4) is 0 Å². The number of nitrogens with one attached hydrogen (secondary N) is 1. The molecule has 1 aromatic heterocycles. The van der Waals surface area contributed by atoms with E-state index in [0.717, 1.165) is 11.8 Å². The fraction of sp³-hybridized carbons (Fsp3) is 0.824. The third kappa shape index (κ3) is 3.25. The standard InChI is InChI=1S/C17H30N2S/c1-12(2)14-7-6-9-17(18-5,10-8-14)16-19-15(11-20-16)13(3)4/h11-14,18H,6-10H2,1-5H3. The number of aromatic nitrogens is 1. The van der Waals surface area contributed by atoms with Crippen molar-refractivity contribution in [2.75, 3.05) is 7.05 Å². The van der Waals surface area contributed by atoms with E-state index in [-0.39, 0.29) is 5.54 Å². The largest absolute Gasteiger partial charge is 0.308 e. The number of rotatable bonds is 4. The first-order valence-corrected chi connectivity index (χ1v) is 9.01. The van der Waals surface area contributed by atoms with Gasteiger partial charge in [0.2, 0.25) is 0 Å². The zero-order valence-corrected chi connectivity index (χ0v) is 14.5. The zero-order chi connectivity index (χ0) is 14.8. The quantitative estimate of drug-likeness (QED) is 0.797. The van der Waals surface area contributed by atoms with E-state index < -0.39 is 0 Å². The second-order valence-corrected chi connectivity index (χ2v) is 7.86. The van der Waals surface area contributed by atoms with Crippen molar-refractivity contribution >= 4 is 11.3 Å². The van der Waals surface area contributed by atoms with Gasteiger partial charge in [-0.15, -0.1) is 11.3 Å². The van der Waals surface area contributed by atoms with Crippen LogP contribution in [-0.4, -0.2) is 12.0 Å². The van der Waals surface area contributed by atoms with Gasteiger partial charge in [-0.1, -0.05) is 40.5 Å².